The van der Waals surface area contributed by atoms with Crippen molar-refractivity contribution in [2.45, 2.75) is 70.6 Å². The molecule has 0 fully saturated rings. The Labute approximate surface area is 142 Å². The molecule has 0 aliphatic rings. The van der Waals surface area contributed by atoms with Crippen LogP contribution in [0.5, 0.6) is 0 Å². The first-order valence-corrected chi connectivity index (χ1v) is 9.29. The molecule has 0 heterocycles. The average molecular weight is 331 g/mol. The molecule has 0 spiro atoms. The van der Waals surface area contributed by atoms with Gasteiger partial charge in [0.25, 0.3) is 0 Å². The highest BCUT2D eigenvalue weighted by Gasteiger charge is 1.97. The van der Waals surface area contributed by atoms with Gasteiger partial charge in [-0.2, -0.15) is 0 Å². The van der Waals surface area contributed by atoms with E-state index in [9.17, 15) is 4.79 Å². The Hall–Kier alpha value is -0.650. The molecule has 5 nitrogen and oxygen atoms in total. The van der Waals surface area contributed by atoms with Crippen LogP contribution in [0.3, 0.4) is 0 Å². The fourth-order valence-electron chi connectivity index (χ4n) is 2.31. The Morgan fingerprint density at radius 3 is 1.65 bits per heavy atom. The van der Waals surface area contributed by atoms with E-state index in [2.05, 4.69) is 5.32 Å². The first-order valence-electron chi connectivity index (χ1n) is 9.29. The number of nitrogens with one attached hydrogen (secondary N) is 1. The number of ether oxygens (including phenoxy) is 2. The Balaban J connectivity index is 2.96. The minimum absolute atomic E-state index is 0.253. The van der Waals surface area contributed by atoms with Gasteiger partial charge in [0.1, 0.15) is 0 Å². The van der Waals surface area contributed by atoms with Gasteiger partial charge in [0, 0.05) is 32.8 Å². The van der Waals surface area contributed by atoms with Crippen LogP contribution >= 0.6 is 0 Å². The molecule has 138 valence electrons. The van der Waals surface area contributed by atoms with Gasteiger partial charge in [0.2, 0.25) is 0 Å². The number of carboxylic acid groups (broad SMARTS) is 1. The number of carbonyl (C=O) groups is 1. The van der Waals surface area contributed by atoms with Crippen LogP contribution in [-0.2, 0) is 14.3 Å². The number of rotatable bonds is 19. The summed E-state index contributed by atoms with van der Waals surface area (Å²) in [6.07, 6.45) is 11.5. The fraction of sp³-hybridized carbons (Fsp3) is 0.944. The predicted molar refractivity (Wildman–Crippen MR) is 94.0 cm³/mol. The van der Waals surface area contributed by atoms with Crippen LogP contribution in [-0.4, -0.2) is 51.1 Å². The standard InChI is InChI=1S/C18H37NO4/c1-19-13-7-11-17-23-15-9-5-3-2-4-8-14-22-16-10-6-12-18(20)21/h19H,2-17H2,1H3,(H,20,21). The zero-order valence-corrected chi connectivity index (χ0v) is 15.0. The average Bonchev–Trinajstić information content (AvgIpc) is 2.53. The third-order valence-corrected chi connectivity index (χ3v) is 3.72. The summed E-state index contributed by atoms with van der Waals surface area (Å²) < 4.78 is 11.1. The van der Waals surface area contributed by atoms with E-state index in [1.807, 2.05) is 7.05 Å². The van der Waals surface area contributed by atoms with E-state index in [0.29, 0.717) is 13.0 Å². The lowest BCUT2D eigenvalue weighted by atomic mass is 10.1. The molecule has 0 aromatic rings. The summed E-state index contributed by atoms with van der Waals surface area (Å²) in [5, 5.41) is 11.6. The van der Waals surface area contributed by atoms with E-state index >= 15 is 0 Å². The lowest BCUT2D eigenvalue weighted by Crippen LogP contribution is -2.08. The Morgan fingerprint density at radius 2 is 1.17 bits per heavy atom. The van der Waals surface area contributed by atoms with Crippen molar-refractivity contribution in [1.82, 2.24) is 5.32 Å². The van der Waals surface area contributed by atoms with E-state index in [-0.39, 0.29) is 6.42 Å². The molecule has 0 aromatic heterocycles. The SMILES string of the molecule is CNCCCCOCCCCCCCCOCCCCC(=O)O. The van der Waals surface area contributed by atoms with Crippen LogP contribution in [0, 0.1) is 0 Å². The molecule has 0 bridgehead atoms. The molecule has 0 saturated carbocycles. The molecular weight excluding hydrogens is 294 g/mol. The van der Waals surface area contributed by atoms with Crippen molar-refractivity contribution >= 4 is 5.97 Å². The molecular formula is C18H37NO4. The third kappa shape index (κ3) is 21.4. The largest absolute Gasteiger partial charge is 0.481 e. The van der Waals surface area contributed by atoms with Crippen molar-refractivity contribution in [2.75, 3.05) is 40.0 Å². The minimum atomic E-state index is -0.718. The van der Waals surface area contributed by atoms with E-state index in [0.717, 1.165) is 45.6 Å². The molecule has 0 radical (unpaired) electrons. The van der Waals surface area contributed by atoms with Crippen LogP contribution in [0.25, 0.3) is 0 Å². The summed E-state index contributed by atoms with van der Waals surface area (Å²) in [5.41, 5.74) is 0. The van der Waals surface area contributed by atoms with Crippen molar-refractivity contribution in [3.05, 3.63) is 0 Å². The van der Waals surface area contributed by atoms with Crippen molar-refractivity contribution < 1.29 is 19.4 Å². The van der Waals surface area contributed by atoms with Gasteiger partial charge >= 0.3 is 5.97 Å². The Morgan fingerprint density at radius 1 is 0.739 bits per heavy atom. The summed E-state index contributed by atoms with van der Waals surface area (Å²) >= 11 is 0. The zero-order valence-electron chi connectivity index (χ0n) is 15.0. The maximum Gasteiger partial charge on any atom is 0.303 e. The van der Waals surface area contributed by atoms with Crippen molar-refractivity contribution in [2.24, 2.45) is 0 Å². The molecule has 0 atom stereocenters. The van der Waals surface area contributed by atoms with Gasteiger partial charge in [-0.15, -0.1) is 0 Å². The van der Waals surface area contributed by atoms with Crippen molar-refractivity contribution in [3.63, 3.8) is 0 Å². The molecule has 0 aliphatic heterocycles. The molecule has 5 heteroatoms. The lowest BCUT2D eigenvalue weighted by Gasteiger charge is -2.05. The number of hydrogen-bond donors (Lipinski definition) is 2. The van der Waals surface area contributed by atoms with Gasteiger partial charge in [-0.05, 0) is 52.1 Å². The second-order valence-electron chi connectivity index (χ2n) is 6.01. The lowest BCUT2D eigenvalue weighted by molar-refractivity contribution is -0.137. The maximum atomic E-state index is 10.3. The van der Waals surface area contributed by atoms with Gasteiger partial charge < -0.3 is 19.9 Å². The fourth-order valence-corrected chi connectivity index (χ4v) is 2.31. The molecule has 0 rings (SSSR count). The normalized spacial score (nSPS) is 11.0. The second kappa shape index (κ2) is 19.4. The van der Waals surface area contributed by atoms with Crippen LogP contribution in [0.4, 0.5) is 0 Å². The molecule has 2 N–H and O–H groups in total. The Kier molecular flexibility index (Phi) is 18.8. The Bertz CT molecular complexity index is 249. The summed E-state index contributed by atoms with van der Waals surface area (Å²) in [5.74, 6) is -0.718. The third-order valence-electron chi connectivity index (χ3n) is 3.72. The summed E-state index contributed by atoms with van der Waals surface area (Å²) in [4.78, 5) is 10.3. The molecule has 0 amide bonds. The second-order valence-corrected chi connectivity index (χ2v) is 6.01. The molecule has 0 unspecified atom stereocenters. The quantitative estimate of drug-likeness (QED) is 0.354. The smallest absolute Gasteiger partial charge is 0.303 e. The van der Waals surface area contributed by atoms with Gasteiger partial charge in [0.05, 0.1) is 0 Å². The number of unbranched alkanes of at least 4 members (excludes halogenated alkanes) is 7. The zero-order chi connectivity index (χ0) is 17.0. The van der Waals surface area contributed by atoms with Gasteiger partial charge in [0.15, 0.2) is 0 Å². The minimum Gasteiger partial charge on any atom is -0.481 e. The van der Waals surface area contributed by atoms with E-state index in [1.54, 1.807) is 0 Å². The van der Waals surface area contributed by atoms with Crippen LogP contribution < -0.4 is 5.32 Å². The topological polar surface area (TPSA) is 67.8 Å². The molecule has 23 heavy (non-hydrogen) atoms. The van der Waals surface area contributed by atoms with Crippen LogP contribution in [0.1, 0.15) is 70.6 Å². The van der Waals surface area contributed by atoms with Crippen LogP contribution in [0.15, 0.2) is 0 Å². The van der Waals surface area contributed by atoms with E-state index in [4.69, 9.17) is 14.6 Å². The molecule has 0 aliphatic carbocycles. The summed E-state index contributed by atoms with van der Waals surface area (Å²) in [6.45, 7) is 4.38. The highest BCUT2D eigenvalue weighted by molar-refractivity contribution is 5.66. The first-order chi connectivity index (χ1) is 11.3. The van der Waals surface area contributed by atoms with Crippen molar-refractivity contribution in [1.29, 1.82) is 0 Å². The van der Waals surface area contributed by atoms with E-state index < -0.39 is 5.97 Å². The highest BCUT2D eigenvalue weighted by atomic mass is 16.5. The monoisotopic (exact) mass is 331 g/mol. The summed E-state index contributed by atoms with van der Waals surface area (Å²) in [7, 11) is 1.98. The number of aliphatic carboxylic acids is 1. The van der Waals surface area contributed by atoms with Gasteiger partial charge in [-0.3, -0.25) is 4.79 Å². The van der Waals surface area contributed by atoms with Gasteiger partial charge in [-0.1, -0.05) is 25.7 Å². The predicted octanol–water partition coefficient (Wildman–Crippen LogP) is 3.61. The number of hydrogen-bond acceptors (Lipinski definition) is 4. The van der Waals surface area contributed by atoms with Gasteiger partial charge in [-0.25, -0.2) is 0 Å². The number of carboxylic acids is 1. The maximum absolute atomic E-state index is 10.3. The first kappa shape index (κ1) is 22.4. The highest BCUT2D eigenvalue weighted by Crippen LogP contribution is 2.06. The van der Waals surface area contributed by atoms with Crippen molar-refractivity contribution in [3.8, 4) is 0 Å². The van der Waals surface area contributed by atoms with Crippen LogP contribution in [0.2, 0.25) is 0 Å². The van der Waals surface area contributed by atoms with E-state index in [1.165, 1.54) is 38.5 Å². The summed E-state index contributed by atoms with van der Waals surface area (Å²) in [6, 6.07) is 0. The molecule has 0 saturated heterocycles. The molecule has 0 aromatic carbocycles.